The first-order valence-corrected chi connectivity index (χ1v) is 21.3. The van der Waals surface area contributed by atoms with E-state index in [-0.39, 0.29) is 43.5 Å². The molecule has 8 aromatic rings. The fraction of sp³-hybridized carbons (Fsp3) is 0.154. The minimum atomic E-state index is -0.472. The maximum Gasteiger partial charge on any atom is 0.330 e. The molecule has 0 unspecified atom stereocenters. The molecular formula is C52H46FeN10O6. The zero-order chi connectivity index (χ0) is 47.8. The molecule has 69 heavy (non-hydrogen) atoms. The predicted octanol–water partition coefficient (Wildman–Crippen LogP) is 8.77. The summed E-state index contributed by atoms with van der Waals surface area (Å²) in [4.78, 5) is 67.3. The molecule has 8 rings (SSSR count). The summed E-state index contributed by atoms with van der Waals surface area (Å²) in [7, 11) is 0. The average Bonchev–Trinajstić information content (AvgIpc) is 3.37. The number of esters is 2. The molecule has 0 bridgehead atoms. The summed E-state index contributed by atoms with van der Waals surface area (Å²) in [5.41, 5.74) is 12.6. The molecule has 0 fully saturated rings. The molecule has 0 amide bonds. The molecule has 0 aliphatic carbocycles. The third-order valence-electron chi connectivity index (χ3n) is 10.0. The van der Waals surface area contributed by atoms with E-state index in [2.05, 4.69) is 53.0 Å². The van der Waals surface area contributed by atoms with Gasteiger partial charge in [-0.25, -0.2) is 19.6 Å². The van der Waals surface area contributed by atoms with Gasteiger partial charge in [0.05, 0.1) is 45.6 Å². The number of rotatable bonds is 16. The van der Waals surface area contributed by atoms with E-state index in [4.69, 9.17) is 28.9 Å². The van der Waals surface area contributed by atoms with Crippen molar-refractivity contribution in [3.8, 4) is 79.3 Å². The number of hydrogen-bond donors (Lipinski definition) is 0. The summed E-state index contributed by atoms with van der Waals surface area (Å²) in [6.07, 6.45) is 15.5. The Hall–Kier alpha value is -8.40. The molecule has 0 N–H and O–H groups in total. The van der Waals surface area contributed by atoms with Crippen LogP contribution in [0.1, 0.15) is 22.8 Å². The quantitative estimate of drug-likeness (QED) is 0.0385. The Bertz CT molecular complexity index is 2730. The number of aryl methyl sites for hydroxylation is 4. The Morgan fingerprint density at radius 2 is 0.696 bits per heavy atom. The molecule has 17 heteroatoms. The zero-order valence-corrected chi connectivity index (χ0v) is 39.3. The zero-order valence-electron chi connectivity index (χ0n) is 38.2. The summed E-state index contributed by atoms with van der Waals surface area (Å²) in [6, 6.07) is 23.2. The second-order valence-corrected chi connectivity index (χ2v) is 14.7. The van der Waals surface area contributed by atoms with Crippen LogP contribution < -0.4 is 9.47 Å². The van der Waals surface area contributed by atoms with Crippen molar-refractivity contribution < 1.29 is 45.6 Å². The SMILES string of the molecule is C=CC(=O)OCCOc1ccc(-c2cc(-c3nccnc3C)nc(-c3nccnc3C)c2)cc1.C=CC(=O)OCCOc1ccc(-c2cc(-c3nccnc3C)nc(-c3nccnc3C)c2)cc1.[Fe]. The van der Waals surface area contributed by atoms with Gasteiger partial charge in [-0.3, -0.25) is 39.9 Å². The maximum absolute atomic E-state index is 11.1. The van der Waals surface area contributed by atoms with Gasteiger partial charge in [0.2, 0.25) is 0 Å². The van der Waals surface area contributed by atoms with Crippen LogP contribution in [0.2, 0.25) is 0 Å². The number of pyridine rings is 2. The van der Waals surface area contributed by atoms with Crippen molar-refractivity contribution in [2.45, 2.75) is 27.7 Å². The van der Waals surface area contributed by atoms with E-state index in [0.717, 1.165) is 57.2 Å². The van der Waals surface area contributed by atoms with Gasteiger partial charge in [0.1, 0.15) is 60.7 Å². The van der Waals surface area contributed by atoms with Gasteiger partial charge in [0, 0.05) is 78.8 Å². The molecule has 0 saturated carbocycles. The Kier molecular flexibility index (Phi) is 17.7. The maximum atomic E-state index is 11.1. The van der Waals surface area contributed by atoms with E-state index in [1.165, 1.54) is 0 Å². The number of nitrogens with zero attached hydrogens (tertiary/aromatic N) is 10. The molecule has 0 radical (unpaired) electrons. The molecule has 0 aliphatic heterocycles. The van der Waals surface area contributed by atoms with Gasteiger partial charge in [-0.1, -0.05) is 37.4 Å². The van der Waals surface area contributed by atoms with Crippen LogP contribution in [0, 0.1) is 27.7 Å². The summed E-state index contributed by atoms with van der Waals surface area (Å²) < 4.78 is 21.1. The summed E-state index contributed by atoms with van der Waals surface area (Å²) in [6.45, 7) is 15.1. The molecule has 0 atom stereocenters. The van der Waals surface area contributed by atoms with E-state index in [1.807, 2.05) is 100 Å². The largest absolute Gasteiger partial charge is 0.490 e. The van der Waals surface area contributed by atoms with E-state index in [9.17, 15) is 9.59 Å². The minimum Gasteiger partial charge on any atom is -0.490 e. The Labute approximate surface area is 409 Å². The van der Waals surface area contributed by atoms with Crippen LogP contribution in [0.25, 0.3) is 67.8 Å². The van der Waals surface area contributed by atoms with E-state index >= 15 is 0 Å². The number of aromatic nitrogens is 10. The van der Waals surface area contributed by atoms with Crippen molar-refractivity contribution in [1.82, 2.24) is 49.8 Å². The first-order chi connectivity index (χ1) is 33.1. The van der Waals surface area contributed by atoms with Crippen molar-refractivity contribution in [2.75, 3.05) is 26.4 Å². The van der Waals surface area contributed by atoms with Gasteiger partial charge in [-0.15, -0.1) is 0 Å². The molecule has 0 saturated heterocycles. The van der Waals surface area contributed by atoms with Crippen LogP contribution in [0.3, 0.4) is 0 Å². The van der Waals surface area contributed by atoms with Crippen LogP contribution in [-0.4, -0.2) is 88.2 Å². The second kappa shape index (κ2) is 24.4. The molecule has 0 aliphatic rings. The Balaban J connectivity index is 0.000000224. The van der Waals surface area contributed by atoms with E-state index in [1.54, 1.807) is 49.6 Å². The van der Waals surface area contributed by atoms with Crippen molar-refractivity contribution in [3.05, 3.63) is 170 Å². The number of hydrogen-bond acceptors (Lipinski definition) is 16. The number of carbonyl (C=O) groups is 2. The number of ether oxygens (including phenoxy) is 4. The number of carbonyl (C=O) groups excluding carboxylic acids is 2. The average molecular weight is 963 g/mol. The van der Waals surface area contributed by atoms with Gasteiger partial charge in [0.15, 0.2) is 0 Å². The minimum absolute atomic E-state index is 0. The topological polar surface area (TPSA) is 200 Å². The van der Waals surface area contributed by atoms with Crippen LogP contribution in [0.15, 0.2) is 148 Å². The van der Waals surface area contributed by atoms with Gasteiger partial charge in [-0.05, 0) is 98.5 Å². The van der Waals surface area contributed by atoms with Gasteiger partial charge in [0.25, 0.3) is 0 Å². The molecule has 6 heterocycles. The van der Waals surface area contributed by atoms with E-state index in [0.29, 0.717) is 57.1 Å². The van der Waals surface area contributed by atoms with Gasteiger partial charge < -0.3 is 18.9 Å². The Morgan fingerprint density at radius 1 is 0.420 bits per heavy atom. The first-order valence-electron chi connectivity index (χ1n) is 21.3. The number of benzene rings is 2. The van der Waals surface area contributed by atoms with Crippen LogP contribution in [0.4, 0.5) is 0 Å². The van der Waals surface area contributed by atoms with Crippen molar-refractivity contribution in [3.63, 3.8) is 0 Å². The van der Waals surface area contributed by atoms with Crippen LogP contribution in [-0.2, 0) is 36.1 Å². The summed E-state index contributed by atoms with van der Waals surface area (Å²) >= 11 is 0. The summed E-state index contributed by atoms with van der Waals surface area (Å²) in [5.74, 6) is 0.393. The molecule has 2 aromatic carbocycles. The van der Waals surface area contributed by atoms with Gasteiger partial charge in [-0.2, -0.15) is 0 Å². The van der Waals surface area contributed by atoms with Gasteiger partial charge >= 0.3 is 11.9 Å². The molecule has 0 spiro atoms. The first kappa shape index (κ1) is 50.0. The third-order valence-corrected chi connectivity index (χ3v) is 10.0. The van der Waals surface area contributed by atoms with Crippen molar-refractivity contribution >= 4 is 11.9 Å². The van der Waals surface area contributed by atoms with Crippen LogP contribution >= 0.6 is 0 Å². The third kappa shape index (κ3) is 13.4. The van der Waals surface area contributed by atoms with Crippen molar-refractivity contribution in [1.29, 1.82) is 0 Å². The monoisotopic (exact) mass is 962 g/mol. The molecular weight excluding hydrogens is 916 g/mol. The van der Waals surface area contributed by atoms with Crippen molar-refractivity contribution in [2.24, 2.45) is 0 Å². The fourth-order valence-electron chi connectivity index (χ4n) is 6.72. The van der Waals surface area contributed by atoms with E-state index < -0.39 is 11.9 Å². The second-order valence-electron chi connectivity index (χ2n) is 14.7. The smallest absolute Gasteiger partial charge is 0.330 e. The molecule has 348 valence electrons. The standard InChI is InChI=1S/2C26H23N5O3.Fe/c2*1-4-24(32)34-14-13-33-21-7-5-19(6-8-21)20-15-22(25-17(2)27-9-11-29-25)31-23(16-20)26-18(3)28-10-12-30-26;/h2*4-12,15-16H,1,13-14H2,2-3H3;. The Morgan fingerprint density at radius 3 is 0.957 bits per heavy atom. The molecule has 6 aromatic heterocycles. The normalized spacial score (nSPS) is 10.4. The molecule has 16 nitrogen and oxygen atoms in total. The summed E-state index contributed by atoms with van der Waals surface area (Å²) in [5, 5.41) is 0. The predicted molar refractivity (Wildman–Crippen MR) is 256 cm³/mol. The van der Waals surface area contributed by atoms with Crippen LogP contribution in [0.5, 0.6) is 11.5 Å². The fourth-order valence-corrected chi connectivity index (χ4v) is 6.72.